The summed E-state index contributed by atoms with van der Waals surface area (Å²) >= 11 is 0. The van der Waals surface area contributed by atoms with Gasteiger partial charge in [-0.15, -0.1) is 0 Å². The van der Waals surface area contributed by atoms with E-state index in [1.165, 1.54) is 6.20 Å². The van der Waals surface area contributed by atoms with Gasteiger partial charge in [0.2, 0.25) is 0 Å². The fourth-order valence-electron chi connectivity index (χ4n) is 5.92. The number of hydrogen-bond acceptors (Lipinski definition) is 8. The van der Waals surface area contributed by atoms with Crippen LogP contribution in [0.4, 0.5) is 29.3 Å². The molecule has 2 bridgehead atoms. The van der Waals surface area contributed by atoms with Gasteiger partial charge in [-0.05, 0) is 75.5 Å². The van der Waals surface area contributed by atoms with E-state index in [4.69, 9.17) is 9.47 Å². The Hall–Kier alpha value is -4.27. The van der Waals surface area contributed by atoms with Crippen molar-refractivity contribution in [3.8, 4) is 17.1 Å². The normalized spacial score (nSPS) is 19.4. The van der Waals surface area contributed by atoms with Crippen LogP contribution in [0.5, 0.6) is 5.75 Å². The summed E-state index contributed by atoms with van der Waals surface area (Å²) in [7, 11) is 3.94. The van der Waals surface area contributed by atoms with Crippen molar-refractivity contribution in [2.75, 3.05) is 51.1 Å². The molecule has 6 rings (SSSR count). The van der Waals surface area contributed by atoms with Crippen LogP contribution in [0.15, 0.2) is 54.7 Å². The monoisotopic (exact) mass is 624 g/mol. The highest BCUT2D eigenvalue weighted by Gasteiger charge is 2.52. The zero-order chi connectivity index (χ0) is 31.6. The van der Waals surface area contributed by atoms with E-state index >= 15 is 0 Å². The summed E-state index contributed by atoms with van der Waals surface area (Å²) < 4.78 is 55.9. The third kappa shape index (κ3) is 7.02. The number of alkyl halides is 3. The number of rotatable bonds is 9. The lowest BCUT2D eigenvalue weighted by Crippen LogP contribution is -2.58. The number of benzene rings is 2. The van der Waals surface area contributed by atoms with Crippen LogP contribution in [0, 0.1) is 0 Å². The second-order valence-electron chi connectivity index (χ2n) is 11.6. The number of halogens is 3. The lowest BCUT2D eigenvalue weighted by molar-refractivity contribution is -0.222. The summed E-state index contributed by atoms with van der Waals surface area (Å²) in [6.07, 6.45) is -1.10. The number of urea groups is 1. The van der Waals surface area contributed by atoms with Crippen molar-refractivity contribution in [2.24, 2.45) is 0 Å². The molecule has 14 heteroatoms. The number of carbonyl (C=O) groups is 1. The molecule has 4 heterocycles. The molecule has 3 N–H and O–H groups in total. The average Bonchev–Trinajstić information content (AvgIpc) is 3.47. The Kier molecular flexibility index (Phi) is 8.88. The number of morpholine rings is 1. The molecular formula is C31H35F3N8O3. The van der Waals surface area contributed by atoms with Gasteiger partial charge in [0.05, 0.1) is 30.5 Å². The van der Waals surface area contributed by atoms with Crippen LogP contribution in [0.3, 0.4) is 0 Å². The predicted octanol–water partition coefficient (Wildman–Crippen LogP) is 5.46. The molecule has 238 valence electrons. The maximum Gasteiger partial charge on any atom is 0.409 e. The molecule has 11 nitrogen and oxygen atoms in total. The Morgan fingerprint density at radius 3 is 2.31 bits per heavy atom. The van der Waals surface area contributed by atoms with Crippen molar-refractivity contribution in [2.45, 2.75) is 43.6 Å². The summed E-state index contributed by atoms with van der Waals surface area (Å²) in [5, 5.41) is 12.5. The SMILES string of the molecule is CN(C)CCOc1ccc(NC(=O)Nc2ccc(-c3nc(C(N4C5CCCC4COC5)C(F)(F)F)c4cn[nH]c4n3)cc2)cc1. The number of anilines is 2. The Morgan fingerprint density at radius 1 is 1.04 bits per heavy atom. The number of nitrogens with one attached hydrogen (secondary N) is 3. The van der Waals surface area contributed by atoms with Crippen molar-refractivity contribution in [3.63, 3.8) is 0 Å². The van der Waals surface area contributed by atoms with Gasteiger partial charge in [0.1, 0.15) is 12.4 Å². The second-order valence-corrected chi connectivity index (χ2v) is 11.6. The molecule has 2 aromatic carbocycles. The van der Waals surface area contributed by atoms with Crippen molar-refractivity contribution in [1.29, 1.82) is 0 Å². The van der Waals surface area contributed by atoms with E-state index < -0.39 is 18.2 Å². The van der Waals surface area contributed by atoms with Crippen molar-refractivity contribution < 1.29 is 27.4 Å². The van der Waals surface area contributed by atoms with E-state index in [-0.39, 0.29) is 47.8 Å². The predicted molar refractivity (Wildman–Crippen MR) is 163 cm³/mol. The number of hydrogen-bond donors (Lipinski definition) is 3. The molecule has 2 aliphatic heterocycles. The zero-order valence-electron chi connectivity index (χ0n) is 25.0. The maximum absolute atomic E-state index is 14.9. The Balaban J connectivity index is 1.19. The minimum Gasteiger partial charge on any atom is -0.492 e. The highest BCUT2D eigenvalue weighted by molar-refractivity contribution is 5.99. The first kappa shape index (κ1) is 30.7. The highest BCUT2D eigenvalue weighted by Crippen LogP contribution is 2.45. The van der Waals surface area contributed by atoms with Crippen molar-refractivity contribution in [1.82, 2.24) is 30.0 Å². The Morgan fingerprint density at radius 2 is 1.69 bits per heavy atom. The van der Waals surface area contributed by atoms with Crippen molar-refractivity contribution >= 4 is 28.4 Å². The van der Waals surface area contributed by atoms with Gasteiger partial charge < -0.3 is 25.0 Å². The first-order valence-electron chi connectivity index (χ1n) is 14.8. The van der Waals surface area contributed by atoms with Crippen LogP contribution < -0.4 is 15.4 Å². The average molecular weight is 625 g/mol. The standard InChI is InChI=1S/C31H35F3N8O3/c1-41(2)14-15-45-24-12-10-21(11-13-24)37-30(43)36-20-8-6-19(7-9-20)28-38-26(25-16-35-40-29(25)39-28)27(31(32,33)34)42-22-4-3-5-23(42)18-44-17-22/h6-13,16,22-23,27H,3-5,14-15,17-18H2,1-2H3,(H2,36,37,43)(H,35,38,39,40). The van der Waals surface area contributed by atoms with Crippen LogP contribution >= 0.6 is 0 Å². The van der Waals surface area contributed by atoms with E-state index in [2.05, 4.69) is 30.8 Å². The summed E-state index contributed by atoms with van der Waals surface area (Å²) in [5.74, 6) is 0.824. The molecule has 3 atom stereocenters. The molecule has 2 saturated heterocycles. The molecule has 2 aliphatic rings. The van der Waals surface area contributed by atoms with Gasteiger partial charge in [0, 0.05) is 35.6 Å². The largest absolute Gasteiger partial charge is 0.492 e. The molecule has 0 saturated carbocycles. The van der Waals surface area contributed by atoms with Crippen LogP contribution in [-0.2, 0) is 4.74 Å². The quantitative estimate of drug-likeness (QED) is 0.225. The summed E-state index contributed by atoms with van der Waals surface area (Å²) in [4.78, 5) is 25.2. The first-order chi connectivity index (χ1) is 21.7. The number of aromatic nitrogens is 4. The fourth-order valence-corrected chi connectivity index (χ4v) is 5.92. The van der Waals surface area contributed by atoms with Crippen LogP contribution in [0.2, 0.25) is 0 Å². The zero-order valence-corrected chi connectivity index (χ0v) is 25.0. The molecule has 2 fully saturated rings. The van der Waals surface area contributed by atoms with Gasteiger partial charge in [0.25, 0.3) is 0 Å². The van der Waals surface area contributed by atoms with E-state index in [9.17, 15) is 18.0 Å². The number of H-pyrrole nitrogens is 1. The van der Waals surface area contributed by atoms with Crippen molar-refractivity contribution in [3.05, 3.63) is 60.4 Å². The molecule has 3 unspecified atom stereocenters. The molecule has 2 aromatic heterocycles. The van der Waals surface area contributed by atoms with E-state index in [1.54, 1.807) is 53.4 Å². The number of aromatic amines is 1. The Bertz CT molecular complexity index is 1590. The van der Waals surface area contributed by atoms with E-state index in [0.29, 0.717) is 42.1 Å². The van der Waals surface area contributed by atoms with Crippen LogP contribution in [-0.4, -0.2) is 94.7 Å². The minimum absolute atomic E-state index is 0.123. The van der Waals surface area contributed by atoms with Gasteiger partial charge in [-0.2, -0.15) is 18.3 Å². The first-order valence-corrected chi connectivity index (χ1v) is 14.8. The number of fused-ring (bicyclic) bond motifs is 3. The second kappa shape index (κ2) is 13.0. The van der Waals surface area contributed by atoms with E-state index in [1.807, 2.05) is 19.0 Å². The lowest BCUT2D eigenvalue weighted by atomic mass is 9.90. The summed E-state index contributed by atoms with van der Waals surface area (Å²) in [6, 6.07) is 10.6. The Labute approximate surface area is 258 Å². The number of amides is 2. The number of carbonyl (C=O) groups excluding carboxylic acids is 1. The number of ether oxygens (including phenoxy) is 2. The summed E-state index contributed by atoms with van der Waals surface area (Å²) in [5.41, 5.74) is 1.65. The number of nitrogens with zero attached hydrogens (tertiary/aromatic N) is 5. The van der Waals surface area contributed by atoms with Crippen LogP contribution in [0.25, 0.3) is 22.4 Å². The smallest absolute Gasteiger partial charge is 0.409 e. The summed E-state index contributed by atoms with van der Waals surface area (Å²) in [6.45, 7) is 1.86. The molecule has 0 radical (unpaired) electrons. The van der Waals surface area contributed by atoms with Gasteiger partial charge in [-0.25, -0.2) is 14.8 Å². The molecule has 2 amide bonds. The van der Waals surface area contributed by atoms with Gasteiger partial charge in [-0.3, -0.25) is 10.00 Å². The van der Waals surface area contributed by atoms with Crippen LogP contribution in [0.1, 0.15) is 31.0 Å². The van der Waals surface area contributed by atoms with Gasteiger partial charge in [-0.1, -0.05) is 6.42 Å². The third-order valence-corrected chi connectivity index (χ3v) is 8.07. The highest BCUT2D eigenvalue weighted by atomic mass is 19.4. The number of likely N-dealkylation sites (N-methyl/N-ethyl adjacent to an activating group) is 1. The van der Waals surface area contributed by atoms with E-state index in [0.717, 1.165) is 13.0 Å². The minimum atomic E-state index is -4.58. The molecule has 45 heavy (non-hydrogen) atoms. The van der Waals surface area contributed by atoms with Gasteiger partial charge in [0.15, 0.2) is 17.5 Å². The molecule has 0 aliphatic carbocycles. The molecule has 4 aromatic rings. The lowest BCUT2D eigenvalue weighted by Gasteiger charge is -2.49. The third-order valence-electron chi connectivity index (χ3n) is 8.07. The fraction of sp³-hybridized carbons (Fsp3) is 0.419. The number of piperidine rings is 1. The molecular weight excluding hydrogens is 589 g/mol. The molecule has 0 spiro atoms. The van der Waals surface area contributed by atoms with Gasteiger partial charge >= 0.3 is 12.2 Å². The topological polar surface area (TPSA) is 121 Å². The maximum atomic E-state index is 14.9.